The Morgan fingerprint density at radius 2 is 1.84 bits per heavy atom. The number of methoxy groups -OCH3 is 2. The summed E-state index contributed by atoms with van der Waals surface area (Å²) in [5, 5.41) is 8.05. The molecule has 3 aliphatic rings. The molecular formula is C25H34N4O3. The minimum absolute atomic E-state index is 0.0273. The Morgan fingerprint density at radius 1 is 1.06 bits per heavy atom. The van der Waals surface area contributed by atoms with E-state index in [0.717, 1.165) is 56.1 Å². The number of fused-ring (bicyclic) bond motifs is 3. The third-order valence-electron chi connectivity index (χ3n) is 8.05. The summed E-state index contributed by atoms with van der Waals surface area (Å²) in [6, 6.07) is 0.501. The predicted octanol–water partition coefficient (Wildman–Crippen LogP) is 4.20. The van der Waals surface area contributed by atoms with Crippen LogP contribution in [0.2, 0.25) is 0 Å². The topological polar surface area (TPSA) is 78.3 Å². The smallest absolute Gasteiger partial charge is 0.255 e. The molecule has 1 amide bonds. The molecule has 2 aromatic heterocycles. The molecule has 32 heavy (non-hydrogen) atoms. The molecule has 172 valence electrons. The Kier molecular flexibility index (Phi) is 5.70. The van der Waals surface area contributed by atoms with Gasteiger partial charge in [0.05, 0.1) is 36.7 Å². The zero-order valence-corrected chi connectivity index (χ0v) is 19.6. The second-order valence-corrected chi connectivity index (χ2v) is 9.74. The van der Waals surface area contributed by atoms with E-state index < -0.39 is 0 Å². The van der Waals surface area contributed by atoms with Crippen molar-refractivity contribution in [2.24, 2.45) is 0 Å². The van der Waals surface area contributed by atoms with Crippen LogP contribution >= 0.6 is 0 Å². The van der Waals surface area contributed by atoms with Gasteiger partial charge in [-0.15, -0.1) is 0 Å². The van der Waals surface area contributed by atoms with Gasteiger partial charge in [0.15, 0.2) is 0 Å². The van der Waals surface area contributed by atoms with Crippen LogP contribution in [0.4, 0.5) is 0 Å². The summed E-state index contributed by atoms with van der Waals surface area (Å²) in [4.78, 5) is 17.4. The molecule has 1 aliphatic heterocycles. The van der Waals surface area contributed by atoms with Crippen LogP contribution in [0.25, 0.3) is 0 Å². The van der Waals surface area contributed by atoms with E-state index in [1.807, 2.05) is 6.20 Å². The number of carbonyl (C=O) groups is 1. The van der Waals surface area contributed by atoms with Crippen LogP contribution in [-0.2, 0) is 4.74 Å². The van der Waals surface area contributed by atoms with E-state index in [1.165, 1.54) is 16.8 Å². The van der Waals surface area contributed by atoms with Gasteiger partial charge in [-0.2, -0.15) is 5.10 Å². The van der Waals surface area contributed by atoms with E-state index >= 15 is 0 Å². The molecule has 2 aliphatic carbocycles. The number of rotatable bonds is 4. The van der Waals surface area contributed by atoms with Crippen LogP contribution in [0.1, 0.15) is 95.6 Å². The molecule has 2 aromatic rings. The van der Waals surface area contributed by atoms with Crippen molar-refractivity contribution >= 4 is 5.91 Å². The van der Waals surface area contributed by atoms with E-state index in [-0.39, 0.29) is 11.9 Å². The zero-order valence-electron chi connectivity index (χ0n) is 19.6. The summed E-state index contributed by atoms with van der Waals surface area (Å²) in [5.41, 5.74) is 5.60. The molecule has 7 heteroatoms. The molecule has 1 N–H and O–H groups in total. The third kappa shape index (κ3) is 3.51. The molecule has 3 heterocycles. The van der Waals surface area contributed by atoms with Crippen LogP contribution in [0.15, 0.2) is 12.4 Å². The highest BCUT2D eigenvalue weighted by molar-refractivity contribution is 5.96. The molecule has 7 nitrogen and oxygen atoms in total. The van der Waals surface area contributed by atoms with Crippen molar-refractivity contribution in [2.75, 3.05) is 14.2 Å². The maximum atomic E-state index is 13.0. The number of nitrogens with zero attached hydrogens (tertiary/aromatic N) is 3. The lowest BCUT2D eigenvalue weighted by molar-refractivity contribution is 0.0557. The summed E-state index contributed by atoms with van der Waals surface area (Å²) in [6.45, 7) is 4.23. The SMILES string of the molecule is COc1ncc(C)c([C@@H]2CCC3c4c(cnn4[C@H]4CC[C@H](OC)CC4)C(=O)NC3C2)c1C. The summed E-state index contributed by atoms with van der Waals surface area (Å²) in [7, 11) is 3.48. The van der Waals surface area contributed by atoms with E-state index in [4.69, 9.17) is 14.6 Å². The summed E-state index contributed by atoms with van der Waals surface area (Å²) in [6.07, 6.45) is 11.4. The summed E-state index contributed by atoms with van der Waals surface area (Å²) >= 11 is 0. The van der Waals surface area contributed by atoms with E-state index in [2.05, 4.69) is 28.8 Å². The lowest BCUT2D eigenvalue weighted by Gasteiger charge is -2.41. The van der Waals surface area contributed by atoms with Crippen molar-refractivity contribution in [1.29, 1.82) is 0 Å². The second kappa shape index (κ2) is 8.50. The molecule has 0 aromatic carbocycles. The number of carbonyl (C=O) groups excluding carboxylic acids is 1. The number of amides is 1. The molecule has 2 unspecified atom stereocenters. The molecule has 2 fully saturated rings. The Labute approximate surface area is 189 Å². The molecule has 0 spiro atoms. The normalized spacial score (nSPS) is 29.8. The Balaban J connectivity index is 1.42. The summed E-state index contributed by atoms with van der Waals surface area (Å²) in [5.74, 6) is 1.45. The number of hydrogen-bond donors (Lipinski definition) is 1. The van der Waals surface area contributed by atoms with Crippen molar-refractivity contribution in [1.82, 2.24) is 20.1 Å². The molecule has 3 atom stereocenters. The Hall–Kier alpha value is -2.41. The van der Waals surface area contributed by atoms with Gasteiger partial charge in [-0.1, -0.05) is 0 Å². The average molecular weight is 439 g/mol. The van der Waals surface area contributed by atoms with Crippen LogP contribution < -0.4 is 10.1 Å². The highest BCUT2D eigenvalue weighted by Gasteiger charge is 2.42. The first kappa shape index (κ1) is 21.4. The van der Waals surface area contributed by atoms with Gasteiger partial charge in [0.25, 0.3) is 5.91 Å². The number of ether oxygens (including phenoxy) is 2. The quantitative estimate of drug-likeness (QED) is 0.774. The molecular weight excluding hydrogens is 404 g/mol. The second-order valence-electron chi connectivity index (χ2n) is 9.74. The lowest BCUT2D eigenvalue weighted by atomic mass is 9.71. The molecule has 5 rings (SSSR count). The monoisotopic (exact) mass is 438 g/mol. The number of aryl methyl sites for hydroxylation is 1. The molecule has 0 radical (unpaired) electrons. The van der Waals surface area contributed by atoms with Crippen LogP contribution in [0.3, 0.4) is 0 Å². The first-order valence-corrected chi connectivity index (χ1v) is 11.9. The molecule has 2 saturated carbocycles. The first-order chi connectivity index (χ1) is 15.5. The van der Waals surface area contributed by atoms with Crippen molar-refractivity contribution in [3.8, 4) is 5.88 Å². The first-order valence-electron chi connectivity index (χ1n) is 11.9. The van der Waals surface area contributed by atoms with Gasteiger partial charge in [-0.25, -0.2) is 4.98 Å². The van der Waals surface area contributed by atoms with Gasteiger partial charge in [0.1, 0.15) is 0 Å². The fraction of sp³-hybridized carbons (Fsp3) is 0.640. The number of hydrogen-bond acceptors (Lipinski definition) is 5. The number of aromatic nitrogens is 3. The van der Waals surface area contributed by atoms with Gasteiger partial charge < -0.3 is 14.8 Å². The molecule has 0 bridgehead atoms. The zero-order chi connectivity index (χ0) is 22.4. The van der Waals surface area contributed by atoms with E-state index in [9.17, 15) is 4.79 Å². The van der Waals surface area contributed by atoms with E-state index in [0.29, 0.717) is 29.9 Å². The fourth-order valence-corrected chi connectivity index (χ4v) is 6.47. The van der Waals surface area contributed by atoms with Crippen LogP contribution in [0, 0.1) is 13.8 Å². The standard InChI is InChI=1S/C25H34N4O3/c1-14-12-26-25(32-4)15(2)22(14)16-5-10-19-21(11-16)28-24(30)20-13-27-29(23(19)20)17-6-8-18(31-3)9-7-17/h12-13,16-19,21H,5-11H2,1-4H3,(H,28,30)/t16-,17-,18-,19?,21?/m1/s1. The highest BCUT2D eigenvalue weighted by Crippen LogP contribution is 2.46. The third-order valence-corrected chi connectivity index (χ3v) is 8.05. The van der Waals surface area contributed by atoms with Crippen molar-refractivity contribution in [3.05, 3.63) is 40.3 Å². The van der Waals surface area contributed by atoms with E-state index in [1.54, 1.807) is 20.4 Å². The van der Waals surface area contributed by atoms with Crippen LogP contribution in [-0.4, -0.2) is 47.0 Å². The van der Waals surface area contributed by atoms with Crippen molar-refractivity contribution < 1.29 is 14.3 Å². The van der Waals surface area contributed by atoms with Gasteiger partial charge in [0.2, 0.25) is 5.88 Å². The Bertz CT molecular complexity index is 1010. The lowest BCUT2D eigenvalue weighted by Crippen LogP contribution is -2.48. The van der Waals surface area contributed by atoms with Crippen molar-refractivity contribution in [3.63, 3.8) is 0 Å². The Morgan fingerprint density at radius 3 is 2.56 bits per heavy atom. The van der Waals surface area contributed by atoms with Gasteiger partial charge in [-0.3, -0.25) is 9.48 Å². The number of pyridine rings is 1. The summed E-state index contributed by atoms with van der Waals surface area (Å²) < 4.78 is 13.2. The average Bonchev–Trinajstić information content (AvgIpc) is 3.25. The van der Waals surface area contributed by atoms with Gasteiger partial charge in [0, 0.05) is 30.8 Å². The van der Waals surface area contributed by atoms with Crippen molar-refractivity contribution in [2.45, 2.75) is 88.8 Å². The predicted molar refractivity (Wildman–Crippen MR) is 121 cm³/mol. The number of nitrogens with one attached hydrogen (secondary N) is 1. The van der Waals surface area contributed by atoms with Gasteiger partial charge >= 0.3 is 0 Å². The van der Waals surface area contributed by atoms with Gasteiger partial charge in [-0.05, 0) is 75.8 Å². The highest BCUT2D eigenvalue weighted by atomic mass is 16.5. The fourth-order valence-electron chi connectivity index (χ4n) is 6.47. The van der Waals surface area contributed by atoms with Crippen LogP contribution in [0.5, 0.6) is 5.88 Å². The maximum absolute atomic E-state index is 13.0. The maximum Gasteiger partial charge on any atom is 0.255 e. The minimum Gasteiger partial charge on any atom is -0.481 e. The minimum atomic E-state index is 0.0273. The molecule has 0 saturated heterocycles. The largest absolute Gasteiger partial charge is 0.481 e.